The first kappa shape index (κ1) is 12.5. The van der Waals surface area contributed by atoms with Crippen LogP contribution in [0.5, 0.6) is 0 Å². The predicted octanol–water partition coefficient (Wildman–Crippen LogP) is 5.13. The molecule has 0 aliphatic heterocycles. The van der Waals surface area contributed by atoms with E-state index in [4.69, 9.17) is 0 Å². The van der Waals surface area contributed by atoms with E-state index in [9.17, 15) is 0 Å². The maximum atomic E-state index is 2.51. The third-order valence-electron chi connectivity index (χ3n) is 5.98. The van der Waals surface area contributed by atoms with E-state index in [0.29, 0.717) is 0 Å². The summed E-state index contributed by atoms with van der Waals surface area (Å²) in [5.74, 6) is 6.28. The maximum absolute atomic E-state index is 2.51. The zero-order valence-corrected chi connectivity index (χ0v) is 11.7. The van der Waals surface area contributed by atoms with E-state index in [2.05, 4.69) is 27.7 Å². The summed E-state index contributed by atoms with van der Waals surface area (Å²) in [4.78, 5) is 0. The van der Waals surface area contributed by atoms with Crippen molar-refractivity contribution < 1.29 is 0 Å². The van der Waals surface area contributed by atoms with E-state index in [0.717, 1.165) is 35.5 Å². The largest absolute Gasteiger partial charge is 0.0651 e. The average Bonchev–Trinajstić information content (AvgIpc) is 2.64. The highest BCUT2D eigenvalue weighted by Gasteiger charge is 2.43. The standard InChI is InChI=1S/C16H30/c1-5-11(3)14-7-8-15-12(4)9-13(6-2)16(15)10-14/h11-16H,5-10H2,1-4H3. The lowest BCUT2D eigenvalue weighted by atomic mass is 9.68. The molecule has 0 radical (unpaired) electrons. The second-order valence-corrected chi connectivity index (χ2v) is 6.67. The Bertz CT molecular complexity index is 220. The Morgan fingerprint density at radius 3 is 2.44 bits per heavy atom. The summed E-state index contributed by atoms with van der Waals surface area (Å²) < 4.78 is 0. The molecule has 6 atom stereocenters. The summed E-state index contributed by atoms with van der Waals surface area (Å²) in [6.45, 7) is 9.76. The predicted molar refractivity (Wildman–Crippen MR) is 71.3 cm³/mol. The summed E-state index contributed by atoms with van der Waals surface area (Å²) in [6, 6.07) is 0. The summed E-state index contributed by atoms with van der Waals surface area (Å²) in [5, 5.41) is 0. The third kappa shape index (κ3) is 2.17. The Hall–Kier alpha value is 0. The summed E-state index contributed by atoms with van der Waals surface area (Å²) in [5.41, 5.74) is 0. The van der Waals surface area contributed by atoms with E-state index in [1.54, 1.807) is 6.42 Å². The minimum absolute atomic E-state index is 0.967. The smallest absolute Gasteiger partial charge is 0.0352 e. The number of rotatable bonds is 3. The van der Waals surface area contributed by atoms with Crippen molar-refractivity contribution in [1.29, 1.82) is 0 Å². The van der Waals surface area contributed by atoms with Crippen LogP contribution in [0.3, 0.4) is 0 Å². The van der Waals surface area contributed by atoms with Gasteiger partial charge in [0.2, 0.25) is 0 Å². The first-order valence-corrected chi connectivity index (χ1v) is 7.67. The van der Waals surface area contributed by atoms with Gasteiger partial charge in [-0.05, 0) is 61.2 Å². The van der Waals surface area contributed by atoms with Gasteiger partial charge in [0.05, 0.1) is 0 Å². The molecule has 0 N–H and O–H groups in total. The molecule has 0 aromatic carbocycles. The van der Waals surface area contributed by atoms with Gasteiger partial charge >= 0.3 is 0 Å². The van der Waals surface area contributed by atoms with Crippen LogP contribution >= 0.6 is 0 Å². The first-order chi connectivity index (χ1) is 7.67. The maximum Gasteiger partial charge on any atom is -0.0352 e. The molecule has 0 amide bonds. The Morgan fingerprint density at radius 2 is 1.81 bits per heavy atom. The fourth-order valence-electron chi connectivity index (χ4n) is 4.66. The van der Waals surface area contributed by atoms with E-state index < -0.39 is 0 Å². The van der Waals surface area contributed by atoms with Crippen molar-refractivity contribution in [3.8, 4) is 0 Å². The second kappa shape index (κ2) is 5.10. The lowest BCUT2D eigenvalue weighted by Crippen LogP contribution is -2.29. The first-order valence-electron chi connectivity index (χ1n) is 7.67. The summed E-state index contributed by atoms with van der Waals surface area (Å²) in [6.07, 6.45) is 8.96. The topological polar surface area (TPSA) is 0 Å². The van der Waals surface area contributed by atoms with Gasteiger partial charge in [0.25, 0.3) is 0 Å². The SMILES string of the molecule is CCC(C)C1CCC2C(C)CC(CC)C2C1. The molecule has 0 aromatic rings. The fraction of sp³-hybridized carbons (Fsp3) is 1.00. The molecule has 0 heterocycles. The molecule has 6 unspecified atom stereocenters. The monoisotopic (exact) mass is 222 g/mol. The molecule has 0 aromatic heterocycles. The normalized spacial score (nSPS) is 45.4. The van der Waals surface area contributed by atoms with Gasteiger partial charge in [-0.3, -0.25) is 0 Å². The van der Waals surface area contributed by atoms with Gasteiger partial charge in [-0.1, -0.05) is 40.5 Å². The number of hydrogen-bond acceptors (Lipinski definition) is 0. The zero-order chi connectivity index (χ0) is 11.7. The van der Waals surface area contributed by atoms with Crippen LogP contribution in [0.1, 0.15) is 66.2 Å². The van der Waals surface area contributed by atoms with Crippen molar-refractivity contribution >= 4 is 0 Å². The molecule has 2 fully saturated rings. The highest BCUT2D eigenvalue weighted by molar-refractivity contribution is 4.93. The zero-order valence-electron chi connectivity index (χ0n) is 11.7. The average molecular weight is 222 g/mol. The lowest BCUT2D eigenvalue weighted by Gasteiger charge is -2.38. The van der Waals surface area contributed by atoms with Gasteiger partial charge < -0.3 is 0 Å². The van der Waals surface area contributed by atoms with E-state index in [1.165, 1.54) is 32.1 Å². The van der Waals surface area contributed by atoms with E-state index in [1.807, 2.05) is 0 Å². The van der Waals surface area contributed by atoms with Crippen LogP contribution in [0, 0.1) is 35.5 Å². The lowest BCUT2D eigenvalue weighted by molar-refractivity contribution is 0.121. The van der Waals surface area contributed by atoms with Crippen molar-refractivity contribution in [3.63, 3.8) is 0 Å². The molecule has 2 rings (SSSR count). The van der Waals surface area contributed by atoms with Crippen LogP contribution in [0.4, 0.5) is 0 Å². The van der Waals surface area contributed by atoms with Gasteiger partial charge in [0.1, 0.15) is 0 Å². The quantitative estimate of drug-likeness (QED) is 0.621. The van der Waals surface area contributed by atoms with Crippen molar-refractivity contribution in [2.45, 2.75) is 66.2 Å². The molecule has 94 valence electrons. The molecule has 0 bridgehead atoms. The molecular weight excluding hydrogens is 192 g/mol. The van der Waals surface area contributed by atoms with Crippen LogP contribution in [0.15, 0.2) is 0 Å². The molecule has 2 aliphatic carbocycles. The molecule has 0 heteroatoms. The van der Waals surface area contributed by atoms with E-state index >= 15 is 0 Å². The minimum Gasteiger partial charge on any atom is -0.0651 e. The minimum atomic E-state index is 0.967. The Morgan fingerprint density at radius 1 is 1.06 bits per heavy atom. The van der Waals surface area contributed by atoms with Crippen molar-refractivity contribution in [2.24, 2.45) is 35.5 Å². The molecule has 0 spiro atoms. The van der Waals surface area contributed by atoms with Gasteiger partial charge in [-0.15, -0.1) is 0 Å². The number of hydrogen-bond donors (Lipinski definition) is 0. The fourth-order valence-corrected chi connectivity index (χ4v) is 4.66. The van der Waals surface area contributed by atoms with Crippen LogP contribution in [-0.2, 0) is 0 Å². The molecule has 2 aliphatic rings. The van der Waals surface area contributed by atoms with Crippen LogP contribution in [0.25, 0.3) is 0 Å². The van der Waals surface area contributed by atoms with E-state index in [-0.39, 0.29) is 0 Å². The van der Waals surface area contributed by atoms with Crippen molar-refractivity contribution in [2.75, 3.05) is 0 Å². The molecule has 0 nitrogen and oxygen atoms in total. The van der Waals surface area contributed by atoms with Crippen LogP contribution < -0.4 is 0 Å². The summed E-state index contributed by atoms with van der Waals surface area (Å²) in [7, 11) is 0. The third-order valence-corrected chi connectivity index (χ3v) is 5.98. The Balaban J connectivity index is 2.01. The summed E-state index contributed by atoms with van der Waals surface area (Å²) >= 11 is 0. The Labute approximate surface area is 102 Å². The van der Waals surface area contributed by atoms with Gasteiger partial charge in [0.15, 0.2) is 0 Å². The highest BCUT2D eigenvalue weighted by Crippen LogP contribution is 2.52. The van der Waals surface area contributed by atoms with Gasteiger partial charge in [-0.25, -0.2) is 0 Å². The number of fused-ring (bicyclic) bond motifs is 1. The van der Waals surface area contributed by atoms with Crippen molar-refractivity contribution in [1.82, 2.24) is 0 Å². The second-order valence-electron chi connectivity index (χ2n) is 6.67. The van der Waals surface area contributed by atoms with Crippen LogP contribution in [-0.4, -0.2) is 0 Å². The van der Waals surface area contributed by atoms with Crippen molar-refractivity contribution in [3.05, 3.63) is 0 Å². The molecule has 16 heavy (non-hydrogen) atoms. The Kier molecular flexibility index (Phi) is 3.97. The van der Waals surface area contributed by atoms with Gasteiger partial charge in [0, 0.05) is 0 Å². The molecular formula is C16H30. The highest BCUT2D eigenvalue weighted by atomic mass is 14.5. The van der Waals surface area contributed by atoms with Gasteiger partial charge in [-0.2, -0.15) is 0 Å². The van der Waals surface area contributed by atoms with Crippen LogP contribution in [0.2, 0.25) is 0 Å². The molecule has 2 saturated carbocycles. The molecule has 0 saturated heterocycles.